The first kappa shape index (κ1) is 9.89. The summed E-state index contributed by atoms with van der Waals surface area (Å²) in [5, 5.41) is 18.7. The zero-order chi connectivity index (χ0) is 10.8. The number of rotatable bonds is 2. The third-order valence-corrected chi connectivity index (χ3v) is 2.42. The van der Waals surface area contributed by atoms with Crippen molar-refractivity contribution in [2.45, 2.75) is 13.2 Å². The molecule has 0 saturated carbocycles. The molecule has 2 rings (SSSR count). The molecular formula is C11H11NO3. The Morgan fingerprint density at radius 3 is 2.47 bits per heavy atom. The van der Waals surface area contributed by atoms with Crippen LogP contribution < -0.4 is 5.43 Å². The highest BCUT2D eigenvalue weighted by Gasteiger charge is 2.05. The van der Waals surface area contributed by atoms with E-state index < -0.39 is 0 Å². The summed E-state index contributed by atoms with van der Waals surface area (Å²) in [6.45, 7) is -0.330. The van der Waals surface area contributed by atoms with Crippen LogP contribution in [0.3, 0.4) is 0 Å². The van der Waals surface area contributed by atoms with Gasteiger partial charge in [-0.1, -0.05) is 0 Å². The lowest BCUT2D eigenvalue weighted by molar-refractivity contribution is 0.260. The SMILES string of the molecule is O=c1cc[nH]c2cc(CO)c(CO)cc12. The maximum absolute atomic E-state index is 11.5. The van der Waals surface area contributed by atoms with Gasteiger partial charge >= 0.3 is 0 Å². The summed E-state index contributed by atoms with van der Waals surface area (Å²) in [6, 6.07) is 4.73. The summed E-state index contributed by atoms with van der Waals surface area (Å²) >= 11 is 0. The molecule has 2 aromatic rings. The van der Waals surface area contributed by atoms with E-state index in [1.54, 1.807) is 18.3 Å². The number of aliphatic hydroxyl groups excluding tert-OH is 2. The van der Waals surface area contributed by atoms with Crippen LogP contribution in [-0.4, -0.2) is 15.2 Å². The Kier molecular flexibility index (Phi) is 2.53. The molecule has 0 bridgehead atoms. The van der Waals surface area contributed by atoms with E-state index in [1.807, 2.05) is 0 Å². The number of hydrogen-bond acceptors (Lipinski definition) is 3. The van der Waals surface area contributed by atoms with Crippen LogP contribution in [0.5, 0.6) is 0 Å². The van der Waals surface area contributed by atoms with Crippen molar-refractivity contribution in [1.29, 1.82) is 0 Å². The third kappa shape index (κ3) is 1.65. The molecule has 4 heteroatoms. The highest BCUT2D eigenvalue weighted by Crippen LogP contribution is 2.16. The second-order valence-corrected chi connectivity index (χ2v) is 3.32. The van der Waals surface area contributed by atoms with Gasteiger partial charge in [0.1, 0.15) is 0 Å². The fraction of sp³-hybridized carbons (Fsp3) is 0.182. The minimum atomic E-state index is -0.180. The first-order valence-electron chi connectivity index (χ1n) is 4.61. The first-order chi connectivity index (χ1) is 7.26. The van der Waals surface area contributed by atoms with Crippen molar-refractivity contribution in [3.8, 4) is 0 Å². The lowest BCUT2D eigenvalue weighted by Gasteiger charge is -2.06. The monoisotopic (exact) mass is 205 g/mol. The van der Waals surface area contributed by atoms with Crippen molar-refractivity contribution >= 4 is 10.9 Å². The lowest BCUT2D eigenvalue weighted by atomic mass is 10.0. The number of pyridine rings is 1. The molecule has 0 fully saturated rings. The van der Waals surface area contributed by atoms with E-state index in [9.17, 15) is 4.79 Å². The third-order valence-electron chi connectivity index (χ3n) is 2.42. The molecule has 3 N–H and O–H groups in total. The molecule has 0 aliphatic heterocycles. The van der Waals surface area contributed by atoms with Gasteiger partial charge in [0.25, 0.3) is 0 Å². The van der Waals surface area contributed by atoms with Gasteiger partial charge in [-0.2, -0.15) is 0 Å². The number of aromatic nitrogens is 1. The zero-order valence-electron chi connectivity index (χ0n) is 8.03. The van der Waals surface area contributed by atoms with Crippen molar-refractivity contribution in [1.82, 2.24) is 4.98 Å². The van der Waals surface area contributed by atoms with Crippen LogP contribution in [0.25, 0.3) is 10.9 Å². The molecular weight excluding hydrogens is 194 g/mol. The summed E-state index contributed by atoms with van der Waals surface area (Å²) in [7, 11) is 0. The molecule has 0 radical (unpaired) electrons. The average Bonchev–Trinajstić information content (AvgIpc) is 2.28. The molecule has 0 aliphatic carbocycles. The van der Waals surface area contributed by atoms with Crippen LogP contribution >= 0.6 is 0 Å². The van der Waals surface area contributed by atoms with Crippen LogP contribution in [-0.2, 0) is 13.2 Å². The largest absolute Gasteiger partial charge is 0.392 e. The quantitative estimate of drug-likeness (QED) is 0.669. The maximum atomic E-state index is 11.5. The Balaban J connectivity index is 2.81. The van der Waals surface area contributed by atoms with Gasteiger partial charge in [0, 0.05) is 23.2 Å². The Labute approximate surface area is 85.8 Å². The Morgan fingerprint density at radius 1 is 1.13 bits per heavy atom. The number of nitrogens with one attached hydrogen (secondary N) is 1. The van der Waals surface area contributed by atoms with Crippen LogP contribution in [0.15, 0.2) is 29.2 Å². The highest BCUT2D eigenvalue weighted by atomic mass is 16.3. The summed E-state index contributed by atoms with van der Waals surface area (Å²) in [6.07, 6.45) is 1.56. The normalized spacial score (nSPS) is 10.8. The number of aliphatic hydroxyl groups is 2. The molecule has 1 heterocycles. The molecule has 1 aromatic carbocycles. The minimum absolute atomic E-state index is 0.0945. The standard InChI is InChI=1S/C11H11NO3/c13-5-7-3-9-10(4-8(7)6-14)12-2-1-11(9)15/h1-4,13-14H,5-6H2,(H,12,15). The predicted molar refractivity (Wildman–Crippen MR) is 56.4 cm³/mol. The van der Waals surface area contributed by atoms with Gasteiger partial charge in [-0.05, 0) is 23.3 Å². The molecule has 0 saturated heterocycles. The van der Waals surface area contributed by atoms with Gasteiger partial charge in [0.15, 0.2) is 5.43 Å². The van der Waals surface area contributed by atoms with Gasteiger partial charge in [0.05, 0.1) is 13.2 Å². The van der Waals surface area contributed by atoms with Crippen LogP contribution in [0.1, 0.15) is 11.1 Å². The van der Waals surface area contributed by atoms with Crippen molar-refractivity contribution in [3.63, 3.8) is 0 Å². The van der Waals surface area contributed by atoms with Gasteiger partial charge in [-0.15, -0.1) is 0 Å². The number of hydrogen-bond donors (Lipinski definition) is 3. The Bertz CT molecular complexity index is 545. The van der Waals surface area contributed by atoms with E-state index in [0.717, 1.165) is 0 Å². The topological polar surface area (TPSA) is 73.3 Å². The number of benzene rings is 1. The fourth-order valence-corrected chi connectivity index (χ4v) is 1.60. The van der Waals surface area contributed by atoms with Crippen molar-refractivity contribution in [3.05, 3.63) is 45.7 Å². The molecule has 0 spiro atoms. The Morgan fingerprint density at radius 2 is 1.80 bits per heavy atom. The molecule has 0 aliphatic rings. The van der Waals surface area contributed by atoms with Gasteiger partial charge in [0.2, 0.25) is 0 Å². The molecule has 0 amide bonds. The molecule has 0 atom stereocenters. The van der Waals surface area contributed by atoms with E-state index in [1.165, 1.54) is 6.07 Å². The number of fused-ring (bicyclic) bond motifs is 1. The van der Waals surface area contributed by atoms with E-state index in [-0.39, 0.29) is 18.6 Å². The fourth-order valence-electron chi connectivity index (χ4n) is 1.60. The van der Waals surface area contributed by atoms with Crippen molar-refractivity contribution < 1.29 is 10.2 Å². The highest BCUT2D eigenvalue weighted by molar-refractivity contribution is 5.79. The van der Waals surface area contributed by atoms with E-state index in [2.05, 4.69) is 4.98 Å². The minimum Gasteiger partial charge on any atom is -0.392 e. The predicted octanol–water partition coefficient (Wildman–Crippen LogP) is 0.513. The smallest absolute Gasteiger partial charge is 0.189 e. The molecule has 4 nitrogen and oxygen atoms in total. The number of H-pyrrole nitrogens is 1. The van der Waals surface area contributed by atoms with Crippen molar-refractivity contribution in [2.75, 3.05) is 0 Å². The lowest BCUT2D eigenvalue weighted by Crippen LogP contribution is -2.03. The van der Waals surface area contributed by atoms with Crippen molar-refractivity contribution in [2.24, 2.45) is 0 Å². The summed E-state index contributed by atoms with van der Waals surface area (Å²) in [5.41, 5.74) is 1.79. The number of aromatic amines is 1. The maximum Gasteiger partial charge on any atom is 0.189 e. The van der Waals surface area contributed by atoms with Crippen LogP contribution in [0.4, 0.5) is 0 Å². The van der Waals surface area contributed by atoms with Crippen LogP contribution in [0.2, 0.25) is 0 Å². The second kappa shape index (κ2) is 3.84. The van der Waals surface area contributed by atoms with Gasteiger partial charge in [-0.25, -0.2) is 0 Å². The van der Waals surface area contributed by atoms with Gasteiger partial charge < -0.3 is 15.2 Å². The molecule has 1 aromatic heterocycles. The van der Waals surface area contributed by atoms with Crippen LogP contribution in [0, 0.1) is 0 Å². The second-order valence-electron chi connectivity index (χ2n) is 3.32. The summed E-state index contributed by atoms with van der Waals surface area (Å²) in [5.74, 6) is 0. The average molecular weight is 205 g/mol. The first-order valence-corrected chi connectivity index (χ1v) is 4.61. The zero-order valence-corrected chi connectivity index (χ0v) is 8.03. The van der Waals surface area contributed by atoms with E-state index in [0.29, 0.717) is 22.0 Å². The Hall–Kier alpha value is -1.65. The van der Waals surface area contributed by atoms with E-state index in [4.69, 9.17) is 10.2 Å². The summed E-state index contributed by atoms with van der Waals surface area (Å²) < 4.78 is 0. The summed E-state index contributed by atoms with van der Waals surface area (Å²) in [4.78, 5) is 14.4. The molecule has 15 heavy (non-hydrogen) atoms. The molecule has 0 unspecified atom stereocenters. The molecule has 78 valence electrons. The van der Waals surface area contributed by atoms with Gasteiger partial charge in [-0.3, -0.25) is 4.79 Å². The van der Waals surface area contributed by atoms with E-state index >= 15 is 0 Å².